The number of nitrogens with one attached hydrogen (secondary N) is 2. The number of anilines is 3. The van der Waals surface area contributed by atoms with Crippen molar-refractivity contribution in [3.05, 3.63) is 89.9 Å². The SMILES string of the molecule is CCc1ccc(Nc2cc(C)ncn2)cc1NC(=O)Cc1cccc2ccccc12. The Hall–Kier alpha value is -3.73. The van der Waals surface area contributed by atoms with Gasteiger partial charge in [0.1, 0.15) is 12.1 Å². The largest absolute Gasteiger partial charge is 0.340 e. The number of benzene rings is 3. The number of aryl methyl sites for hydroxylation is 2. The number of amides is 1. The molecule has 0 saturated heterocycles. The summed E-state index contributed by atoms with van der Waals surface area (Å²) in [6, 6.07) is 22.1. The fourth-order valence-electron chi connectivity index (χ4n) is 3.56. The molecule has 4 rings (SSSR count). The zero-order valence-electron chi connectivity index (χ0n) is 17.1. The van der Waals surface area contributed by atoms with Gasteiger partial charge in [0.05, 0.1) is 6.42 Å². The molecule has 30 heavy (non-hydrogen) atoms. The molecule has 0 spiro atoms. The summed E-state index contributed by atoms with van der Waals surface area (Å²) in [5.41, 5.74) is 4.69. The molecule has 0 fully saturated rings. The quantitative estimate of drug-likeness (QED) is 0.456. The fourth-order valence-corrected chi connectivity index (χ4v) is 3.56. The van der Waals surface area contributed by atoms with Gasteiger partial charge in [0.2, 0.25) is 5.91 Å². The molecule has 0 aliphatic heterocycles. The molecule has 0 bridgehead atoms. The lowest BCUT2D eigenvalue weighted by atomic mass is 10.0. The molecular weight excluding hydrogens is 372 g/mol. The van der Waals surface area contributed by atoms with Crippen molar-refractivity contribution in [2.24, 2.45) is 0 Å². The van der Waals surface area contributed by atoms with E-state index in [2.05, 4.69) is 45.7 Å². The Kier molecular flexibility index (Phi) is 5.70. The zero-order chi connectivity index (χ0) is 20.9. The van der Waals surface area contributed by atoms with Crippen LogP contribution in [0.25, 0.3) is 10.8 Å². The number of nitrogens with zero attached hydrogens (tertiary/aromatic N) is 2. The molecule has 5 nitrogen and oxygen atoms in total. The van der Waals surface area contributed by atoms with Crippen LogP contribution >= 0.6 is 0 Å². The summed E-state index contributed by atoms with van der Waals surface area (Å²) in [5.74, 6) is 0.691. The Labute approximate surface area is 176 Å². The normalized spacial score (nSPS) is 10.7. The standard InChI is InChI=1S/C25H24N4O/c1-3-18-11-12-21(28-24-13-17(2)26-16-27-24)15-23(18)29-25(30)14-20-9-6-8-19-7-4-5-10-22(19)20/h4-13,15-16H,3,14H2,1-2H3,(H,29,30)(H,26,27,28). The van der Waals surface area contributed by atoms with Gasteiger partial charge in [0.15, 0.2) is 0 Å². The van der Waals surface area contributed by atoms with Gasteiger partial charge >= 0.3 is 0 Å². The van der Waals surface area contributed by atoms with Crippen molar-refractivity contribution in [1.29, 1.82) is 0 Å². The van der Waals surface area contributed by atoms with Crippen LogP contribution in [0.3, 0.4) is 0 Å². The van der Waals surface area contributed by atoms with Gasteiger partial charge < -0.3 is 10.6 Å². The van der Waals surface area contributed by atoms with E-state index in [-0.39, 0.29) is 5.91 Å². The Balaban J connectivity index is 1.54. The first-order valence-electron chi connectivity index (χ1n) is 10.1. The lowest BCUT2D eigenvalue weighted by Crippen LogP contribution is -2.16. The smallest absolute Gasteiger partial charge is 0.228 e. The molecule has 0 aliphatic rings. The zero-order valence-corrected chi connectivity index (χ0v) is 17.1. The molecule has 0 aliphatic carbocycles. The van der Waals surface area contributed by atoms with E-state index in [1.807, 2.05) is 55.5 Å². The molecule has 4 aromatic rings. The fraction of sp³-hybridized carbons (Fsp3) is 0.160. The number of aromatic nitrogens is 2. The van der Waals surface area contributed by atoms with E-state index in [4.69, 9.17) is 0 Å². The number of rotatable bonds is 6. The number of carbonyl (C=O) groups is 1. The van der Waals surface area contributed by atoms with Gasteiger partial charge in [-0.25, -0.2) is 9.97 Å². The first-order valence-corrected chi connectivity index (χ1v) is 10.1. The van der Waals surface area contributed by atoms with Crippen LogP contribution in [0, 0.1) is 6.92 Å². The van der Waals surface area contributed by atoms with Gasteiger partial charge in [-0.2, -0.15) is 0 Å². The lowest BCUT2D eigenvalue weighted by molar-refractivity contribution is -0.115. The second-order valence-corrected chi connectivity index (χ2v) is 7.26. The Bertz CT molecular complexity index is 1200. The first-order chi connectivity index (χ1) is 14.6. The van der Waals surface area contributed by atoms with Gasteiger partial charge in [0.25, 0.3) is 0 Å². The summed E-state index contributed by atoms with van der Waals surface area (Å²) in [6.07, 6.45) is 2.69. The van der Waals surface area contributed by atoms with Crippen LogP contribution in [0.4, 0.5) is 17.2 Å². The highest BCUT2D eigenvalue weighted by atomic mass is 16.1. The molecular formula is C25H24N4O. The molecule has 1 aromatic heterocycles. The molecule has 150 valence electrons. The van der Waals surface area contributed by atoms with E-state index in [1.54, 1.807) is 0 Å². The molecule has 3 aromatic carbocycles. The Morgan fingerprint density at radius 3 is 2.60 bits per heavy atom. The van der Waals surface area contributed by atoms with Crippen LogP contribution in [-0.2, 0) is 17.6 Å². The van der Waals surface area contributed by atoms with Crippen LogP contribution in [0.5, 0.6) is 0 Å². The minimum absolute atomic E-state index is 0.0314. The van der Waals surface area contributed by atoms with E-state index < -0.39 is 0 Å². The van der Waals surface area contributed by atoms with Crippen LogP contribution in [0.1, 0.15) is 23.7 Å². The van der Waals surface area contributed by atoms with E-state index in [0.29, 0.717) is 6.42 Å². The minimum Gasteiger partial charge on any atom is -0.340 e. The highest BCUT2D eigenvalue weighted by molar-refractivity contribution is 5.97. The summed E-state index contributed by atoms with van der Waals surface area (Å²) in [5, 5.41) is 8.64. The number of fused-ring (bicyclic) bond motifs is 1. The second kappa shape index (κ2) is 8.74. The Morgan fingerprint density at radius 2 is 1.77 bits per heavy atom. The van der Waals surface area contributed by atoms with Crippen molar-refractivity contribution in [3.63, 3.8) is 0 Å². The average molecular weight is 396 g/mol. The van der Waals surface area contributed by atoms with Gasteiger partial charge in [-0.05, 0) is 47.4 Å². The van der Waals surface area contributed by atoms with E-state index in [0.717, 1.165) is 51.2 Å². The molecule has 1 heterocycles. The molecule has 0 saturated carbocycles. The highest BCUT2D eigenvalue weighted by Crippen LogP contribution is 2.25. The maximum Gasteiger partial charge on any atom is 0.228 e. The van der Waals surface area contributed by atoms with Crippen LogP contribution < -0.4 is 10.6 Å². The van der Waals surface area contributed by atoms with Crippen molar-refractivity contribution >= 4 is 33.9 Å². The topological polar surface area (TPSA) is 66.9 Å². The summed E-state index contributed by atoms with van der Waals surface area (Å²) in [4.78, 5) is 21.2. The van der Waals surface area contributed by atoms with Gasteiger partial charge in [0, 0.05) is 23.1 Å². The number of hydrogen-bond acceptors (Lipinski definition) is 4. The predicted octanol–water partition coefficient (Wildman–Crippen LogP) is 5.43. The predicted molar refractivity (Wildman–Crippen MR) is 122 cm³/mol. The van der Waals surface area contributed by atoms with Crippen molar-refractivity contribution in [2.45, 2.75) is 26.7 Å². The van der Waals surface area contributed by atoms with Gasteiger partial charge in [-0.15, -0.1) is 0 Å². The molecule has 1 amide bonds. The van der Waals surface area contributed by atoms with Crippen LogP contribution in [0.2, 0.25) is 0 Å². The summed E-state index contributed by atoms with van der Waals surface area (Å²) in [6.45, 7) is 4.00. The van der Waals surface area contributed by atoms with E-state index in [1.165, 1.54) is 6.33 Å². The molecule has 5 heteroatoms. The third-order valence-corrected chi connectivity index (χ3v) is 5.07. The maximum absolute atomic E-state index is 12.9. The highest BCUT2D eigenvalue weighted by Gasteiger charge is 2.10. The summed E-state index contributed by atoms with van der Waals surface area (Å²) >= 11 is 0. The molecule has 0 atom stereocenters. The first kappa shape index (κ1) is 19.6. The molecule has 0 unspecified atom stereocenters. The molecule has 0 radical (unpaired) electrons. The van der Waals surface area contributed by atoms with Crippen molar-refractivity contribution in [1.82, 2.24) is 9.97 Å². The Morgan fingerprint density at radius 1 is 0.933 bits per heavy atom. The summed E-state index contributed by atoms with van der Waals surface area (Å²) < 4.78 is 0. The summed E-state index contributed by atoms with van der Waals surface area (Å²) in [7, 11) is 0. The monoisotopic (exact) mass is 396 g/mol. The van der Waals surface area contributed by atoms with Crippen molar-refractivity contribution in [3.8, 4) is 0 Å². The lowest BCUT2D eigenvalue weighted by Gasteiger charge is -2.14. The van der Waals surface area contributed by atoms with Gasteiger partial charge in [-0.1, -0.05) is 55.5 Å². The minimum atomic E-state index is -0.0314. The third kappa shape index (κ3) is 4.46. The van der Waals surface area contributed by atoms with Crippen molar-refractivity contribution < 1.29 is 4.79 Å². The van der Waals surface area contributed by atoms with Crippen molar-refractivity contribution in [2.75, 3.05) is 10.6 Å². The van der Waals surface area contributed by atoms with Crippen LogP contribution in [0.15, 0.2) is 73.1 Å². The average Bonchev–Trinajstić information content (AvgIpc) is 2.74. The third-order valence-electron chi connectivity index (χ3n) is 5.07. The number of carbonyl (C=O) groups excluding carboxylic acids is 1. The second-order valence-electron chi connectivity index (χ2n) is 7.26. The van der Waals surface area contributed by atoms with Crippen LogP contribution in [-0.4, -0.2) is 15.9 Å². The maximum atomic E-state index is 12.9. The molecule has 2 N–H and O–H groups in total. The van der Waals surface area contributed by atoms with Gasteiger partial charge in [-0.3, -0.25) is 4.79 Å². The van der Waals surface area contributed by atoms with E-state index in [9.17, 15) is 4.79 Å². The number of hydrogen-bond donors (Lipinski definition) is 2. The van der Waals surface area contributed by atoms with E-state index >= 15 is 0 Å².